The molecule has 28 nitrogen and oxygen atoms in total. The van der Waals surface area contributed by atoms with Crippen molar-refractivity contribution in [1.29, 1.82) is 0 Å². The minimum atomic E-state index is -1.75. The number of nitrogens with two attached hydrogens (primary N) is 6. The fraction of sp³-hybridized carbons (Fsp3) is 0.796. The highest BCUT2D eigenvalue weighted by molar-refractivity contribution is 6.01. The topological polar surface area (TPSA) is 484 Å². The van der Waals surface area contributed by atoms with Crippen LogP contribution in [0, 0.1) is 0 Å². The summed E-state index contributed by atoms with van der Waals surface area (Å²) < 4.78 is 0. The van der Waals surface area contributed by atoms with E-state index in [0.717, 1.165) is 0 Å². The van der Waals surface area contributed by atoms with Crippen LogP contribution in [-0.4, -0.2) is 166 Å². The number of carbonyl (C=O) groups excluding carboxylic acids is 10. The third-order valence-corrected chi connectivity index (χ3v) is 13.4. The van der Waals surface area contributed by atoms with Crippen LogP contribution in [0.2, 0.25) is 0 Å². The number of carboxylic acids is 1. The van der Waals surface area contributed by atoms with E-state index in [4.69, 9.17) is 34.4 Å². The number of hydrogen-bond donors (Lipinski definition) is 17. The van der Waals surface area contributed by atoms with Crippen molar-refractivity contribution in [1.82, 2.24) is 53.2 Å². The molecule has 0 aliphatic heterocycles. The first-order chi connectivity index (χ1) is 37.8. The van der Waals surface area contributed by atoms with Gasteiger partial charge in [0.15, 0.2) is 0 Å². The predicted octanol–water partition coefficient (Wildman–Crippen LogP) is -2.65. The summed E-state index contributed by atoms with van der Waals surface area (Å²) in [6.45, 7) is 18.3. The van der Waals surface area contributed by atoms with Gasteiger partial charge in [-0.15, -0.1) is 0 Å². The number of amides is 10. The molecule has 28 heteroatoms. The Kier molecular flexibility index (Phi) is 32.6. The first-order valence-corrected chi connectivity index (χ1v) is 28.5. The van der Waals surface area contributed by atoms with Crippen LogP contribution in [0.15, 0.2) is 0 Å². The Morgan fingerprint density at radius 1 is 0.305 bits per heavy atom. The van der Waals surface area contributed by atoms with Gasteiger partial charge in [-0.05, 0) is 212 Å². The molecule has 0 aliphatic rings. The van der Waals surface area contributed by atoms with E-state index in [0.29, 0.717) is 83.8 Å². The molecule has 0 aromatic rings. The first kappa shape index (κ1) is 75.9. The summed E-state index contributed by atoms with van der Waals surface area (Å²) in [6.07, 6.45) is 5.02. The maximum absolute atomic E-state index is 14.1. The molecule has 0 saturated carbocycles. The molecule has 10 amide bonds. The highest BCUT2D eigenvalue weighted by Crippen LogP contribution is 2.17. The lowest BCUT2D eigenvalue weighted by molar-refractivity contribution is -0.143. The van der Waals surface area contributed by atoms with Crippen LogP contribution >= 0.6 is 0 Å². The number of aliphatic carboxylic acids is 1. The molecule has 5 atom stereocenters. The van der Waals surface area contributed by atoms with Crippen molar-refractivity contribution in [3.63, 3.8) is 0 Å². The number of carbonyl (C=O) groups is 11. The zero-order valence-corrected chi connectivity index (χ0v) is 50.9. The standard InChI is InChI=1S/C54H104N16O12/c1-49(2,60)43(77)68-50(3,4)44(78)63-33(23-13-18-28-55)38(71)61-35(25-15-20-30-57)40(73)66-53(9,10)47(81)70-52(7,8)46(80)65-36(26-16-21-31-58)41(74)67-54(11,12)48(82)69-51(5,6)45(79)64-34(24-14-19-29-56)39(72)62-37(42(75)76)27-17-22-32-59/h33-37H,13-32,55-60H2,1-12H3,(H,61,71)(H,62,72)(H,63,78)(H,64,79)(H,65,80)(H,66,73)(H,67,74)(H,68,77)(H,69,82)(H,70,81)(H,75,76)/t33-,34+,35+,36-,37-/m0/s1. The van der Waals surface area contributed by atoms with E-state index in [2.05, 4.69) is 53.2 Å². The van der Waals surface area contributed by atoms with Gasteiger partial charge in [0.05, 0.1) is 5.54 Å². The van der Waals surface area contributed by atoms with Crippen molar-refractivity contribution in [2.75, 3.05) is 32.7 Å². The van der Waals surface area contributed by atoms with Crippen LogP contribution in [0.3, 0.4) is 0 Å². The lowest BCUT2D eigenvalue weighted by Gasteiger charge is -2.35. The summed E-state index contributed by atoms with van der Waals surface area (Å²) >= 11 is 0. The summed E-state index contributed by atoms with van der Waals surface area (Å²) in [5, 5.41) is 36.1. The Morgan fingerprint density at radius 3 is 0.780 bits per heavy atom. The average Bonchev–Trinajstić information content (AvgIpc) is 3.35. The van der Waals surface area contributed by atoms with Crippen molar-refractivity contribution in [2.45, 2.75) is 243 Å². The van der Waals surface area contributed by atoms with Gasteiger partial charge in [-0.1, -0.05) is 0 Å². The Morgan fingerprint density at radius 2 is 0.524 bits per heavy atom. The van der Waals surface area contributed by atoms with E-state index < -0.39 is 128 Å². The summed E-state index contributed by atoms with van der Waals surface area (Å²) in [7, 11) is 0. The number of carboxylic acid groups (broad SMARTS) is 1. The monoisotopic (exact) mass is 1170 g/mol. The Hall–Kier alpha value is -6.07. The highest BCUT2D eigenvalue weighted by Gasteiger charge is 2.43. The summed E-state index contributed by atoms with van der Waals surface area (Å²) in [5.74, 6) is -8.85. The minimum Gasteiger partial charge on any atom is -0.480 e. The second-order valence-electron chi connectivity index (χ2n) is 24.1. The van der Waals surface area contributed by atoms with Crippen molar-refractivity contribution in [3.05, 3.63) is 0 Å². The third-order valence-electron chi connectivity index (χ3n) is 13.4. The highest BCUT2D eigenvalue weighted by atomic mass is 16.4. The fourth-order valence-corrected chi connectivity index (χ4v) is 7.76. The third kappa shape index (κ3) is 27.3. The van der Waals surface area contributed by atoms with Gasteiger partial charge >= 0.3 is 5.97 Å². The second kappa shape index (κ2) is 35.2. The number of unbranched alkanes of at least 4 members (excludes halogenated alkanes) is 5. The molecule has 0 aromatic carbocycles. The molecule has 0 heterocycles. The number of rotatable bonds is 41. The van der Waals surface area contributed by atoms with Gasteiger partial charge in [0.25, 0.3) is 0 Å². The average molecular weight is 1170 g/mol. The smallest absolute Gasteiger partial charge is 0.326 e. The molecule has 0 rings (SSSR count). The Bertz CT molecular complexity index is 2150. The zero-order valence-electron chi connectivity index (χ0n) is 50.9. The molecular formula is C54H104N16O12. The molecule has 23 N–H and O–H groups in total. The van der Waals surface area contributed by atoms with Gasteiger partial charge in [0.1, 0.15) is 57.9 Å². The van der Waals surface area contributed by atoms with Crippen molar-refractivity contribution < 1.29 is 57.8 Å². The van der Waals surface area contributed by atoms with E-state index in [1.54, 1.807) is 0 Å². The van der Waals surface area contributed by atoms with Crippen LogP contribution in [0.4, 0.5) is 0 Å². The maximum atomic E-state index is 14.1. The molecule has 0 spiro atoms. The molecule has 0 saturated heterocycles. The van der Waals surface area contributed by atoms with E-state index in [1.165, 1.54) is 83.1 Å². The van der Waals surface area contributed by atoms with Gasteiger partial charge in [0.2, 0.25) is 59.1 Å². The molecule has 472 valence electrons. The predicted molar refractivity (Wildman–Crippen MR) is 311 cm³/mol. The van der Waals surface area contributed by atoms with Gasteiger partial charge in [0, 0.05) is 0 Å². The Balaban J connectivity index is 6.39. The minimum absolute atomic E-state index is 0.0467. The molecular weight excluding hydrogens is 1060 g/mol. The molecule has 0 fully saturated rings. The molecule has 0 unspecified atom stereocenters. The van der Waals surface area contributed by atoms with Crippen LogP contribution in [0.1, 0.15) is 179 Å². The van der Waals surface area contributed by atoms with E-state index >= 15 is 0 Å². The van der Waals surface area contributed by atoms with Crippen molar-refractivity contribution in [2.24, 2.45) is 34.4 Å². The molecule has 0 aromatic heterocycles. The quantitative estimate of drug-likeness (QED) is 0.0278. The van der Waals surface area contributed by atoms with Crippen molar-refractivity contribution >= 4 is 65.0 Å². The van der Waals surface area contributed by atoms with Crippen LogP contribution < -0.4 is 87.6 Å². The van der Waals surface area contributed by atoms with E-state index in [1.807, 2.05) is 0 Å². The normalized spacial score (nSPS) is 14.1. The summed E-state index contributed by atoms with van der Waals surface area (Å²) in [4.78, 5) is 149. The van der Waals surface area contributed by atoms with Crippen LogP contribution in [0.25, 0.3) is 0 Å². The molecule has 0 radical (unpaired) electrons. The summed E-state index contributed by atoms with van der Waals surface area (Å²) in [6, 6.07) is -6.11. The van der Waals surface area contributed by atoms with Gasteiger partial charge in [-0.25, -0.2) is 4.79 Å². The second-order valence-corrected chi connectivity index (χ2v) is 24.1. The van der Waals surface area contributed by atoms with E-state index in [9.17, 15) is 57.8 Å². The van der Waals surface area contributed by atoms with Crippen LogP contribution in [-0.2, 0) is 52.7 Å². The number of hydrogen-bond acceptors (Lipinski definition) is 17. The van der Waals surface area contributed by atoms with Gasteiger partial charge in [-0.2, -0.15) is 0 Å². The zero-order chi connectivity index (χ0) is 63.5. The SMILES string of the molecule is CC(C)(N)C(=O)NC(C)(C)C(=O)N[C@@H](CCCCN)C(=O)N[C@H](CCCCN)C(=O)NC(C)(C)C(=O)NC(C)(C)C(=O)N[C@@H](CCCCN)C(=O)NC(C)(C)C(=O)NC(C)(C)C(=O)N[C@H](CCCCN)C(=O)N[C@@H](CCCCN)C(=O)O. The van der Waals surface area contributed by atoms with Gasteiger partial charge in [-0.3, -0.25) is 47.9 Å². The summed E-state index contributed by atoms with van der Waals surface area (Å²) in [5.41, 5.74) is 24.6. The Labute approximate surface area is 484 Å². The van der Waals surface area contributed by atoms with Crippen molar-refractivity contribution in [3.8, 4) is 0 Å². The largest absolute Gasteiger partial charge is 0.480 e. The van der Waals surface area contributed by atoms with Crippen LogP contribution in [0.5, 0.6) is 0 Å². The maximum Gasteiger partial charge on any atom is 0.326 e. The first-order valence-electron chi connectivity index (χ1n) is 28.5. The molecule has 82 heavy (non-hydrogen) atoms. The lowest BCUT2D eigenvalue weighted by atomic mass is 9.96. The van der Waals surface area contributed by atoms with Gasteiger partial charge < -0.3 is 92.7 Å². The van der Waals surface area contributed by atoms with E-state index in [-0.39, 0.29) is 45.2 Å². The molecule has 0 bridgehead atoms. The molecule has 0 aliphatic carbocycles. The fourth-order valence-electron chi connectivity index (χ4n) is 7.76. The number of nitrogens with one attached hydrogen (secondary N) is 10. The lowest BCUT2D eigenvalue weighted by Crippen LogP contribution is -2.67.